The summed E-state index contributed by atoms with van der Waals surface area (Å²) in [5, 5.41) is 9.11. The predicted molar refractivity (Wildman–Crippen MR) is 96.8 cm³/mol. The number of carbonyl (C=O) groups is 1. The summed E-state index contributed by atoms with van der Waals surface area (Å²) in [6.45, 7) is 5.40. The summed E-state index contributed by atoms with van der Waals surface area (Å²) in [5.74, 6) is -0.0999. The molecule has 138 valence electrons. The van der Waals surface area contributed by atoms with Crippen molar-refractivity contribution in [3.63, 3.8) is 0 Å². The van der Waals surface area contributed by atoms with Crippen LogP contribution >= 0.6 is 0 Å². The number of rotatable bonds is 6. The van der Waals surface area contributed by atoms with Crippen LogP contribution in [0.4, 0.5) is 5.69 Å². The van der Waals surface area contributed by atoms with Gasteiger partial charge >= 0.3 is 5.97 Å². The van der Waals surface area contributed by atoms with Gasteiger partial charge in [-0.1, -0.05) is 0 Å². The molecule has 1 saturated heterocycles. The lowest BCUT2D eigenvalue weighted by molar-refractivity contribution is -0.146. The molecule has 0 unspecified atom stereocenters. The van der Waals surface area contributed by atoms with Crippen molar-refractivity contribution in [1.82, 2.24) is 9.88 Å². The number of anilines is 1. The highest BCUT2D eigenvalue weighted by Gasteiger charge is 2.37. The van der Waals surface area contributed by atoms with E-state index in [1.54, 1.807) is 7.11 Å². The van der Waals surface area contributed by atoms with Crippen LogP contribution in [0.5, 0.6) is 0 Å². The summed E-state index contributed by atoms with van der Waals surface area (Å²) in [6.07, 6.45) is 7.67. The monoisotopic (exact) mass is 347 g/mol. The molecule has 0 spiro atoms. The molecule has 0 amide bonds. The molecule has 1 aliphatic heterocycles. The Kier molecular flexibility index (Phi) is 5.91. The molecule has 6 heteroatoms. The third-order valence-electron chi connectivity index (χ3n) is 5.84. The second kappa shape index (κ2) is 8.15. The molecular formula is C19H29N3O3. The number of aromatic nitrogens is 1. The first kappa shape index (κ1) is 18.1. The molecule has 1 aromatic heterocycles. The first-order valence-electron chi connectivity index (χ1n) is 9.24. The Labute approximate surface area is 149 Å². The van der Waals surface area contributed by atoms with Crippen LogP contribution in [0.1, 0.15) is 32.1 Å². The highest BCUT2D eigenvalue weighted by molar-refractivity contribution is 5.68. The standard InChI is InChI=1S/C19H29N3O3/c1-25-19(14-18(23)24)6-2-16(3-7-19)15-21-10-12-22(13-11-21)17-4-8-20-9-5-17/h4-5,8-9,16H,2-3,6-7,10-15H2,1H3,(H,23,24). The van der Waals surface area contributed by atoms with Gasteiger partial charge < -0.3 is 14.7 Å². The number of nitrogens with zero attached hydrogens (tertiary/aromatic N) is 3. The molecule has 25 heavy (non-hydrogen) atoms. The van der Waals surface area contributed by atoms with E-state index in [0.717, 1.165) is 58.4 Å². The number of hydrogen-bond acceptors (Lipinski definition) is 5. The number of ether oxygens (including phenoxy) is 1. The zero-order chi connectivity index (χ0) is 17.7. The van der Waals surface area contributed by atoms with E-state index in [0.29, 0.717) is 5.92 Å². The molecular weight excluding hydrogens is 318 g/mol. The predicted octanol–water partition coefficient (Wildman–Crippen LogP) is 2.25. The third kappa shape index (κ3) is 4.70. The Morgan fingerprint density at radius 1 is 1.24 bits per heavy atom. The van der Waals surface area contributed by atoms with E-state index < -0.39 is 11.6 Å². The van der Waals surface area contributed by atoms with Gasteiger partial charge in [0.05, 0.1) is 12.0 Å². The second-order valence-electron chi connectivity index (χ2n) is 7.39. The fourth-order valence-corrected chi connectivity index (χ4v) is 4.22. The molecule has 0 atom stereocenters. The van der Waals surface area contributed by atoms with Crippen molar-refractivity contribution in [3.8, 4) is 0 Å². The number of hydrogen-bond donors (Lipinski definition) is 1. The molecule has 1 saturated carbocycles. The SMILES string of the molecule is COC1(CC(=O)O)CCC(CN2CCN(c3ccncc3)CC2)CC1. The number of carboxylic acids is 1. The maximum atomic E-state index is 11.1. The molecule has 1 aliphatic carbocycles. The van der Waals surface area contributed by atoms with Crippen molar-refractivity contribution in [3.05, 3.63) is 24.5 Å². The maximum Gasteiger partial charge on any atom is 0.306 e. The zero-order valence-corrected chi connectivity index (χ0v) is 15.1. The van der Waals surface area contributed by atoms with E-state index in [-0.39, 0.29) is 6.42 Å². The van der Waals surface area contributed by atoms with E-state index in [4.69, 9.17) is 9.84 Å². The molecule has 2 fully saturated rings. The molecule has 0 bridgehead atoms. The number of pyridine rings is 1. The van der Waals surface area contributed by atoms with Gasteiger partial charge in [0.25, 0.3) is 0 Å². The van der Waals surface area contributed by atoms with E-state index in [9.17, 15) is 4.79 Å². The van der Waals surface area contributed by atoms with Crippen LogP contribution in [0.3, 0.4) is 0 Å². The smallest absolute Gasteiger partial charge is 0.306 e. The minimum atomic E-state index is -0.757. The Morgan fingerprint density at radius 2 is 1.88 bits per heavy atom. The number of carboxylic acid groups (broad SMARTS) is 1. The number of methoxy groups -OCH3 is 1. The van der Waals surface area contributed by atoms with Crippen LogP contribution in [0, 0.1) is 5.92 Å². The van der Waals surface area contributed by atoms with Crippen LogP contribution in [-0.2, 0) is 9.53 Å². The maximum absolute atomic E-state index is 11.1. The van der Waals surface area contributed by atoms with Crippen molar-refractivity contribution in [2.75, 3.05) is 44.7 Å². The lowest BCUT2D eigenvalue weighted by Crippen LogP contribution is -2.48. The van der Waals surface area contributed by atoms with E-state index in [2.05, 4.69) is 26.9 Å². The molecule has 6 nitrogen and oxygen atoms in total. The first-order valence-corrected chi connectivity index (χ1v) is 9.24. The number of aliphatic carboxylic acids is 1. The summed E-state index contributed by atoms with van der Waals surface area (Å²) in [4.78, 5) is 20.1. The van der Waals surface area contributed by atoms with Gasteiger partial charge in [0.15, 0.2) is 0 Å². The second-order valence-corrected chi connectivity index (χ2v) is 7.39. The van der Waals surface area contributed by atoms with Crippen molar-refractivity contribution >= 4 is 11.7 Å². The quantitative estimate of drug-likeness (QED) is 0.851. The largest absolute Gasteiger partial charge is 0.481 e. The van der Waals surface area contributed by atoms with Crippen LogP contribution in [-0.4, -0.2) is 66.4 Å². The third-order valence-corrected chi connectivity index (χ3v) is 5.84. The molecule has 0 radical (unpaired) electrons. The lowest BCUT2D eigenvalue weighted by atomic mass is 9.76. The van der Waals surface area contributed by atoms with Gasteiger partial charge in [0.1, 0.15) is 0 Å². The van der Waals surface area contributed by atoms with Gasteiger partial charge in [-0.2, -0.15) is 0 Å². The van der Waals surface area contributed by atoms with Gasteiger partial charge in [-0.05, 0) is 43.7 Å². The van der Waals surface area contributed by atoms with Crippen LogP contribution in [0.15, 0.2) is 24.5 Å². The average molecular weight is 347 g/mol. The van der Waals surface area contributed by atoms with E-state index in [1.807, 2.05) is 12.4 Å². The zero-order valence-electron chi connectivity index (χ0n) is 15.1. The molecule has 2 heterocycles. The summed E-state index contributed by atoms with van der Waals surface area (Å²) >= 11 is 0. The molecule has 1 aromatic rings. The molecule has 3 rings (SSSR count). The van der Waals surface area contributed by atoms with Gasteiger partial charge in [-0.25, -0.2) is 0 Å². The van der Waals surface area contributed by atoms with Crippen molar-refractivity contribution in [2.45, 2.75) is 37.7 Å². The van der Waals surface area contributed by atoms with Gasteiger partial charge in [-0.3, -0.25) is 14.7 Å². The topological polar surface area (TPSA) is 65.9 Å². The summed E-state index contributed by atoms with van der Waals surface area (Å²) in [5.41, 5.74) is 0.813. The number of piperazine rings is 1. The van der Waals surface area contributed by atoms with Gasteiger partial charge in [0.2, 0.25) is 0 Å². The highest BCUT2D eigenvalue weighted by atomic mass is 16.5. The lowest BCUT2D eigenvalue weighted by Gasteiger charge is -2.41. The van der Waals surface area contributed by atoms with Crippen molar-refractivity contribution < 1.29 is 14.6 Å². The Hall–Kier alpha value is -1.66. The van der Waals surface area contributed by atoms with E-state index in [1.165, 1.54) is 5.69 Å². The Morgan fingerprint density at radius 3 is 2.44 bits per heavy atom. The van der Waals surface area contributed by atoms with Crippen LogP contribution < -0.4 is 4.90 Å². The minimum Gasteiger partial charge on any atom is -0.481 e. The fraction of sp³-hybridized carbons (Fsp3) is 0.684. The van der Waals surface area contributed by atoms with Gasteiger partial charge in [0, 0.05) is 57.9 Å². The van der Waals surface area contributed by atoms with Crippen LogP contribution in [0.2, 0.25) is 0 Å². The molecule has 2 aliphatic rings. The summed E-state index contributed by atoms with van der Waals surface area (Å²) in [7, 11) is 1.65. The highest BCUT2D eigenvalue weighted by Crippen LogP contribution is 2.37. The Balaban J connectivity index is 1.44. The first-order chi connectivity index (χ1) is 12.1. The Bertz CT molecular complexity index is 550. The normalized spacial score (nSPS) is 28.0. The summed E-state index contributed by atoms with van der Waals surface area (Å²) in [6, 6.07) is 4.15. The minimum absolute atomic E-state index is 0.126. The van der Waals surface area contributed by atoms with E-state index >= 15 is 0 Å². The fourth-order valence-electron chi connectivity index (χ4n) is 4.22. The summed E-state index contributed by atoms with van der Waals surface area (Å²) < 4.78 is 5.58. The molecule has 1 N–H and O–H groups in total. The van der Waals surface area contributed by atoms with Crippen molar-refractivity contribution in [2.24, 2.45) is 5.92 Å². The average Bonchev–Trinajstić information content (AvgIpc) is 2.64. The molecule has 0 aromatic carbocycles. The van der Waals surface area contributed by atoms with Gasteiger partial charge in [-0.15, -0.1) is 0 Å². The van der Waals surface area contributed by atoms with Crippen LogP contribution in [0.25, 0.3) is 0 Å². The van der Waals surface area contributed by atoms with Crippen molar-refractivity contribution in [1.29, 1.82) is 0 Å².